The van der Waals surface area contributed by atoms with Gasteiger partial charge in [-0.25, -0.2) is 13.4 Å². The van der Waals surface area contributed by atoms with Crippen molar-refractivity contribution in [2.45, 2.75) is 31.0 Å². The van der Waals surface area contributed by atoms with E-state index in [0.717, 1.165) is 16.9 Å². The normalized spacial score (nSPS) is 11.3. The van der Waals surface area contributed by atoms with Gasteiger partial charge in [0.15, 0.2) is 0 Å². The van der Waals surface area contributed by atoms with E-state index in [9.17, 15) is 8.42 Å². The summed E-state index contributed by atoms with van der Waals surface area (Å²) in [6.45, 7) is 4.72. The van der Waals surface area contributed by atoms with Gasteiger partial charge in [-0.1, -0.05) is 36.8 Å². The van der Waals surface area contributed by atoms with Crippen LogP contribution in [0.25, 0.3) is 0 Å². The first-order valence-corrected chi connectivity index (χ1v) is 10.6. The van der Waals surface area contributed by atoms with Gasteiger partial charge in [0.1, 0.15) is 10.0 Å². The molecule has 0 saturated heterocycles. The van der Waals surface area contributed by atoms with Crippen LogP contribution in [0.3, 0.4) is 0 Å². The number of benzene rings is 1. The molecule has 2 heterocycles. The molecule has 5 nitrogen and oxygen atoms in total. The van der Waals surface area contributed by atoms with Crippen LogP contribution in [0.4, 0.5) is 11.5 Å². The average molecular weight is 388 g/mol. The number of sulfonamides is 1. The van der Waals surface area contributed by atoms with Crippen molar-refractivity contribution in [2.75, 3.05) is 10.0 Å². The molecule has 26 heavy (non-hydrogen) atoms. The van der Waals surface area contributed by atoms with Crippen LogP contribution in [-0.2, 0) is 23.0 Å². The highest BCUT2D eigenvalue weighted by molar-refractivity contribution is 7.94. The first kappa shape index (κ1) is 18.4. The van der Waals surface area contributed by atoms with Crippen molar-refractivity contribution < 1.29 is 8.42 Å². The van der Waals surface area contributed by atoms with Crippen LogP contribution in [0.2, 0.25) is 0 Å². The van der Waals surface area contributed by atoms with Crippen molar-refractivity contribution in [3.05, 3.63) is 70.7 Å². The third kappa shape index (κ3) is 4.62. The SMILES string of the molecule is CCc1ccc(S(=O)(=O)Nc2ccc(NCc3ccc(C)cc3)nc2)s1. The number of pyridine rings is 1. The molecule has 0 aliphatic rings. The number of hydrogen-bond acceptors (Lipinski definition) is 5. The minimum absolute atomic E-state index is 0.316. The summed E-state index contributed by atoms with van der Waals surface area (Å²) in [5.74, 6) is 0.693. The highest BCUT2D eigenvalue weighted by atomic mass is 32.2. The third-order valence-corrected chi connectivity index (χ3v) is 6.96. The van der Waals surface area contributed by atoms with Crippen molar-refractivity contribution in [1.29, 1.82) is 0 Å². The number of thiophene rings is 1. The summed E-state index contributed by atoms with van der Waals surface area (Å²) < 4.78 is 27.7. The number of aromatic nitrogens is 1. The minimum Gasteiger partial charge on any atom is -0.366 e. The Bertz CT molecular complexity index is 963. The van der Waals surface area contributed by atoms with Gasteiger partial charge in [0.2, 0.25) is 0 Å². The summed E-state index contributed by atoms with van der Waals surface area (Å²) in [5.41, 5.74) is 2.82. The van der Waals surface area contributed by atoms with Gasteiger partial charge in [0.25, 0.3) is 10.0 Å². The van der Waals surface area contributed by atoms with E-state index in [4.69, 9.17) is 0 Å². The van der Waals surface area contributed by atoms with E-state index < -0.39 is 10.0 Å². The fourth-order valence-corrected chi connectivity index (χ4v) is 4.69. The quantitative estimate of drug-likeness (QED) is 0.629. The smallest absolute Gasteiger partial charge is 0.271 e. The third-order valence-electron chi connectivity index (χ3n) is 3.86. The Balaban J connectivity index is 1.62. The highest BCUT2D eigenvalue weighted by Gasteiger charge is 2.16. The largest absolute Gasteiger partial charge is 0.366 e. The number of nitrogens with zero attached hydrogens (tertiary/aromatic N) is 1. The molecule has 0 aliphatic carbocycles. The Morgan fingerprint density at radius 3 is 2.42 bits per heavy atom. The summed E-state index contributed by atoms with van der Waals surface area (Å²) in [5, 5.41) is 3.23. The second kappa shape index (κ2) is 7.88. The van der Waals surface area contributed by atoms with Crippen LogP contribution in [0.15, 0.2) is 58.9 Å². The summed E-state index contributed by atoms with van der Waals surface area (Å²) >= 11 is 1.29. The van der Waals surface area contributed by atoms with Crippen molar-refractivity contribution in [3.8, 4) is 0 Å². The van der Waals surface area contributed by atoms with Gasteiger partial charge in [-0.15, -0.1) is 11.3 Å². The average Bonchev–Trinajstić information content (AvgIpc) is 3.12. The van der Waals surface area contributed by atoms with Gasteiger partial charge in [-0.2, -0.15) is 0 Å². The fraction of sp³-hybridized carbons (Fsp3) is 0.211. The summed E-state index contributed by atoms with van der Waals surface area (Å²) in [6.07, 6.45) is 2.34. The van der Waals surface area contributed by atoms with E-state index in [2.05, 4.69) is 46.2 Å². The maximum Gasteiger partial charge on any atom is 0.271 e. The molecule has 0 bridgehead atoms. The standard InChI is InChI=1S/C19H21N3O2S2/c1-3-17-9-11-19(25-17)26(23,24)22-16-8-10-18(21-13-16)20-12-15-6-4-14(2)5-7-15/h4-11,13,22H,3,12H2,1-2H3,(H,20,21). The molecular formula is C19H21N3O2S2. The Morgan fingerprint density at radius 1 is 1.04 bits per heavy atom. The first-order valence-electron chi connectivity index (χ1n) is 8.33. The zero-order valence-corrected chi connectivity index (χ0v) is 16.3. The fourth-order valence-electron chi connectivity index (χ4n) is 2.36. The molecule has 7 heteroatoms. The number of rotatable bonds is 7. The van der Waals surface area contributed by atoms with Gasteiger partial charge >= 0.3 is 0 Å². The molecule has 0 aliphatic heterocycles. The molecule has 0 spiro atoms. The molecule has 136 valence electrons. The van der Waals surface area contributed by atoms with Crippen LogP contribution >= 0.6 is 11.3 Å². The molecule has 1 aromatic carbocycles. The summed E-state index contributed by atoms with van der Waals surface area (Å²) in [7, 11) is -3.57. The zero-order valence-electron chi connectivity index (χ0n) is 14.7. The monoisotopic (exact) mass is 387 g/mol. The molecule has 3 rings (SSSR count). The second-order valence-electron chi connectivity index (χ2n) is 5.95. The van der Waals surface area contributed by atoms with Crippen molar-refractivity contribution >= 4 is 32.9 Å². The summed E-state index contributed by atoms with van der Waals surface area (Å²) in [6, 6.07) is 15.2. The van der Waals surface area contributed by atoms with Gasteiger partial charge in [-0.05, 0) is 43.2 Å². The lowest BCUT2D eigenvalue weighted by molar-refractivity contribution is 0.603. The summed E-state index contributed by atoms with van der Waals surface area (Å²) in [4.78, 5) is 5.32. The van der Waals surface area contributed by atoms with Crippen LogP contribution in [-0.4, -0.2) is 13.4 Å². The predicted molar refractivity (Wildman–Crippen MR) is 107 cm³/mol. The second-order valence-corrected chi connectivity index (χ2v) is 9.03. The lowest BCUT2D eigenvalue weighted by Crippen LogP contribution is -2.11. The Hall–Kier alpha value is -2.38. The molecule has 0 fully saturated rings. The number of aryl methyl sites for hydroxylation is 2. The highest BCUT2D eigenvalue weighted by Crippen LogP contribution is 2.24. The van der Waals surface area contributed by atoms with E-state index >= 15 is 0 Å². The minimum atomic E-state index is -3.57. The molecule has 0 radical (unpaired) electrons. The first-order chi connectivity index (χ1) is 12.5. The van der Waals surface area contributed by atoms with Crippen molar-refractivity contribution in [3.63, 3.8) is 0 Å². The van der Waals surface area contributed by atoms with Gasteiger partial charge in [0.05, 0.1) is 11.9 Å². The maximum absolute atomic E-state index is 12.4. The van der Waals surface area contributed by atoms with E-state index in [-0.39, 0.29) is 0 Å². The number of hydrogen-bond donors (Lipinski definition) is 2. The van der Waals surface area contributed by atoms with E-state index in [1.54, 1.807) is 18.2 Å². The molecule has 0 amide bonds. The molecule has 0 saturated carbocycles. The van der Waals surface area contributed by atoms with Crippen LogP contribution < -0.4 is 10.0 Å². The van der Waals surface area contributed by atoms with Crippen LogP contribution in [0.5, 0.6) is 0 Å². The topological polar surface area (TPSA) is 71.1 Å². The Kier molecular flexibility index (Phi) is 5.58. The van der Waals surface area contributed by atoms with Gasteiger partial charge < -0.3 is 5.32 Å². The maximum atomic E-state index is 12.4. The lowest BCUT2D eigenvalue weighted by Gasteiger charge is -2.09. The van der Waals surface area contributed by atoms with Crippen molar-refractivity contribution in [2.24, 2.45) is 0 Å². The van der Waals surface area contributed by atoms with E-state index in [1.807, 2.05) is 13.0 Å². The van der Waals surface area contributed by atoms with E-state index in [0.29, 0.717) is 22.3 Å². The Labute approximate surface area is 158 Å². The molecule has 2 aromatic heterocycles. The number of nitrogens with one attached hydrogen (secondary N) is 2. The van der Waals surface area contributed by atoms with Gasteiger partial charge in [-0.3, -0.25) is 4.72 Å². The number of anilines is 2. The molecule has 0 atom stereocenters. The van der Waals surface area contributed by atoms with Crippen molar-refractivity contribution in [1.82, 2.24) is 4.98 Å². The van der Waals surface area contributed by atoms with E-state index in [1.165, 1.54) is 23.1 Å². The molecule has 0 unspecified atom stereocenters. The predicted octanol–water partition coefficient (Wildman–Crippen LogP) is 4.43. The molecule has 2 N–H and O–H groups in total. The Morgan fingerprint density at radius 2 is 1.81 bits per heavy atom. The lowest BCUT2D eigenvalue weighted by atomic mass is 10.1. The molecular weight excluding hydrogens is 366 g/mol. The van der Waals surface area contributed by atoms with Gasteiger partial charge in [0, 0.05) is 11.4 Å². The molecule has 3 aromatic rings. The van der Waals surface area contributed by atoms with Crippen LogP contribution in [0, 0.1) is 6.92 Å². The zero-order chi connectivity index (χ0) is 18.6. The van der Waals surface area contributed by atoms with Crippen LogP contribution in [0.1, 0.15) is 22.9 Å².